The summed E-state index contributed by atoms with van der Waals surface area (Å²) < 4.78 is 0. The summed E-state index contributed by atoms with van der Waals surface area (Å²) in [6.07, 6.45) is 1.88. The molecule has 4 N–H and O–H groups in total. The molecule has 0 amide bonds. The van der Waals surface area contributed by atoms with Crippen molar-refractivity contribution in [3.05, 3.63) is 71.8 Å². The fourth-order valence-corrected chi connectivity index (χ4v) is 3.33. The summed E-state index contributed by atoms with van der Waals surface area (Å²) in [7, 11) is 0. The molecule has 136 valence electrons. The van der Waals surface area contributed by atoms with E-state index in [0.717, 1.165) is 34.3 Å². The lowest BCUT2D eigenvalue weighted by molar-refractivity contribution is 0.476. The molecule has 0 unspecified atom stereocenters. The van der Waals surface area contributed by atoms with Crippen LogP contribution in [0.15, 0.2) is 65.7 Å². The van der Waals surface area contributed by atoms with Gasteiger partial charge in [-0.2, -0.15) is 0 Å². The van der Waals surface area contributed by atoms with Crippen molar-refractivity contribution < 1.29 is 5.11 Å². The number of aliphatic imine (C=N–C) groups is 1. The fourth-order valence-electron chi connectivity index (χ4n) is 3.33. The predicted octanol–water partition coefficient (Wildman–Crippen LogP) is 4.26. The second-order valence-corrected chi connectivity index (χ2v) is 6.73. The Labute approximate surface area is 161 Å². The van der Waals surface area contributed by atoms with Gasteiger partial charge in [0.2, 0.25) is 0 Å². The van der Waals surface area contributed by atoms with Crippen LogP contribution in [0, 0.1) is 0 Å². The third-order valence-corrected chi connectivity index (χ3v) is 4.72. The van der Waals surface area contributed by atoms with Crippen LogP contribution in [0.1, 0.15) is 11.1 Å². The average molecular weight is 367 g/mol. The maximum atomic E-state index is 9.95. The minimum Gasteiger partial charge on any atom is -0.508 e. The summed E-state index contributed by atoms with van der Waals surface area (Å²) in [5.74, 6) is 1.35. The minimum atomic E-state index is 0.164. The van der Waals surface area contributed by atoms with Crippen molar-refractivity contribution in [1.29, 1.82) is 0 Å². The SMILES string of the molecule is Nc1cccc(-c2nc(Nc3ccc4c(c3)C=NC4)c3cc(O)ccc3n2)c1. The molecule has 3 aromatic carbocycles. The number of fused-ring (bicyclic) bond motifs is 2. The summed E-state index contributed by atoms with van der Waals surface area (Å²) in [4.78, 5) is 13.7. The minimum absolute atomic E-state index is 0.164. The van der Waals surface area contributed by atoms with Gasteiger partial charge in [-0.25, -0.2) is 9.97 Å². The predicted molar refractivity (Wildman–Crippen MR) is 112 cm³/mol. The van der Waals surface area contributed by atoms with Gasteiger partial charge in [0, 0.05) is 28.5 Å². The second kappa shape index (κ2) is 6.35. The lowest BCUT2D eigenvalue weighted by Gasteiger charge is -2.12. The Kier molecular flexibility index (Phi) is 3.69. The molecular weight excluding hydrogens is 350 g/mol. The maximum absolute atomic E-state index is 9.95. The number of nitrogens with two attached hydrogens (primary N) is 1. The largest absolute Gasteiger partial charge is 0.508 e. The second-order valence-electron chi connectivity index (χ2n) is 6.73. The Morgan fingerprint density at radius 3 is 2.79 bits per heavy atom. The first-order chi connectivity index (χ1) is 13.7. The molecule has 5 rings (SSSR count). The van der Waals surface area contributed by atoms with Gasteiger partial charge in [0.25, 0.3) is 0 Å². The van der Waals surface area contributed by atoms with Crippen LogP contribution in [0.4, 0.5) is 17.2 Å². The number of aromatic hydroxyl groups is 1. The molecule has 6 heteroatoms. The Morgan fingerprint density at radius 2 is 1.89 bits per heavy atom. The number of benzene rings is 3. The van der Waals surface area contributed by atoms with Crippen LogP contribution in [-0.4, -0.2) is 21.3 Å². The van der Waals surface area contributed by atoms with Crippen molar-refractivity contribution in [1.82, 2.24) is 9.97 Å². The van der Waals surface area contributed by atoms with Gasteiger partial charge in [0.05, 0.1) is 12.1 Å². The molecule has 4 aromatic rings. The van der Waals surface area contributed by atoms with Gasteiger partial charge in [0.15, 0.2) is 5.82 Å². The first kappa shape index (κ1) is 16.3. The van der Waals surface area contributed by atoms with E-state index in [1.54, 1.807) is 18.2 Å². The summed E-state index contributed by atoms with van der Waals surface area (Å²) >= 11 is 0. The van der Waals surface area contributed by atoms with Gasteiger partial charge in [-0.1, -0.05) is 18.2 Å². The number of nitrogens with one attached hydrogen (secondary N) is 1. The maximum Gasteiger partial charge on any atom is 0.162 e. The topological polar surface area (TPSA) is 96.4 Å². The molecule has 2 heterocycles. The van der Waals surface area contributed by atoms with E-state index in [1.807, 2.05) is 42.6 Å². The van der Waals surface area contributed by atoms with E-state index in [2.05, 4.69) is 21.4 Å². The smallest absolute Gasteiger partial charge is 0.162 e. The highest BCUT2D eigenvalue weighted by Gasteiger charge is 2.12. The first-order valence-corrected chi connectivity index (χ1v) is 8.92. The molecule has 1 aliphatic heterocycles. The van der Waals surface area contributed by atoms with Crippen molar-refractivity contribution in [2.45, 2.75) is 6.54 Å². The molecule has 0 saturated carbocycles. The van der Waals surface area contributed by atoms with Crippen molar-refractivity contribution >= 4 is 34.3 Å². The Bertz CT molecular complexity index is 1250. The molecule has 1 aliphatic rings. The Morgan fingerprint density at radius 1 is 0.964 bits per heavy atom. The van der Waals surface area contributed by atoms with E-state index in [4.69, 9.17) is 10.7 Å². The van der Waals surface area contributed by atoms with E-state index < -0.39 is 0 Å². The van der Waals surface area contributed by atoms with Crippen molar-refractivity contribution in [2.24, 2.45) is 4.99 Å². The number of aromatic nitrogens is 2. The number of anilines is 3. The first-order valence-electron chi connectivity index (χ1n) is 8.92. The lowest BCUT2D eigenvalue weighted by Crippen LogP contribution is -2.00. The molecule has 28 heavy (non-hydrogen) atoms. The molecule has 0 bridgehead atoms. The van der Waals surface area contributed by atoms with Crippen LogP contribution in [0.3, 0.4) is 0 Å². The monoisotopic (exact) mass is 367 g/mol. The van der Waals surface area contributed by atoms with Crippen LogP contribution >= 0.6 is 0 Å². The van der Waals surface area contributed by atoms with E-state index >= 15 is 0 Å². The van der Waals surface area contributed by atoms with Crippen molar-refractivity contribution in [3.63, 3.8) is 0 Å². The van der Waals surface area contributed by atoms with Crippen molar-refractivity contribution in [2.75, 3.05) is 11.1 Å². The molecule has 0 spiro atoms. The summed E-state index contributed by atoms with van der Waals surface area (Å²) in [6.45, 7) is 0.722. The van der Waals surface area contributed by atoms with Crippen LogP contribution < -0.4 is 11.1 Å². The molecule has 1 aromatic heterocycles. The quantitative estimate of drug-likeness (QED) is 0.470. The van der Waals surface area contributed by atoms with Gasteiger partial charge in [-0.05, 0) is 53.6 Å². The third kappa shape index (κ3) is 2.91. The highest BCUT2D eigenvalue weighted by Crippen LogP contribution is 2.31. The zero-order valence-corrected chi connectivity index (χ0v) is 14.9. The summed E-state index contributed by atoms with van der Waals surface area (Å²) in [5, 5.41) is 14.1. The number of nitrogens with zero attached hydrogens (tertiary/aromatic N) is 3. The molecule has 0 fully saturated rings. The average Bonchev–Trinajstić information content (AvgIpc) is 3.16. The molecule has 0 radical (unpaired) electrons. The van der Waals surface area contributed by atoms with E-state index in [0.29, 0.717) is 17.3 Å². The van der Waals surface area contributed by atoms with Crippen molar-refractivity contribution in [3.8, 4) is 17.1 Å². The number of phenolic OH excluding ortho intramolecular Hbond substituents is 1. The van der Waals surface area contributed by atoms with Gasteiger partial charge >= 0.3 is 0 Å². The van der Waals surface area contributed by atoms with E-state index in [-0.39, 0.29) is 5.75 Å². The zero-order valence-electron chi connectivity index (χ0n) is 14.9. The molecule has 0 aliphatic carbocycles. The standard InChI is InChI=1S/C22H17N5O/c23-16-3-1-2-13(8-16)21-26-20-7-6-18(28)10-19(20)22(27-21)25-17-5-4-14-11-24-12-15(14)9-17/h1-10,12,28H,11,23H2,(H,25,26,27). The molecule has 0 atom stereocenters. The summed E-state index contributed by atoms with van der Waals surface area (Å²) in [5.41, 5.74) is 11.3. The highest BCUT2D eigenvalue weighted by atomic mass is 16.3. The van der Waals surface area contributed by atoms with Crippen LogP contribution in [-0.2, 0) is 6.54 Å². The van der Waals surface area contributed by atoms with E-state index in [1.165, 1.54) is 5.56 Å². The van der Waals surface area contributed by atoms with Crippen LogP contribution in [0.25, 0.3) is 22.3 Å². The number of phenols is 1. The van der Waals surface area contributed by atoms with Gasteiger partial charge in [-0.3, -0.25) is 4.99 Å². The van der Waals surface area contributed by atoms with Gasteiger partial charge in [-0.15, -0.1) is 0 Å². The molecule has 0 saturated heterocycles. The number of hydrogen-bond acceptors (Lipinski definition) is 6. The molecule has 6 nitrogen and oxygen atoms in total. The Hall–Kier alpha value is -3.93. The van der Waals surface area contributed by atoms with Crippen LogP contribution in [0.5, 0.6) is 5.75 Å². The van der Waals surface area contributed by atoms with Gasteiger partial charge in [0.1, 0.15) is 11.6 Å². The fraction of sp³-hybridized carbons (Fsp3) is 0.0455. The number of hydrogen-bond donors (Lipinski definition) is 3. The van der Waals surface area contributed by atoms with Gasteiger partial charge < -0.3 is 16.2 Å². The lowest BCUT2D eigenvalue weighted by atomic mass is 10.1. The highest BCUT2D eigenvalue weighted by molar-refractivity contribution is 5.94. The third-order valence-electron chi connectivity index (χ3n) is 4.72. The number of rotatable bonds is 3. The normalized spacial score (nSPS) is 12.3. The number of nitrogen functional groups attached to an aromatic ring is 1. The molecular formula is C22H17N5O. The summed E-state index contributed by atoms with van der Waals surface area (Å²) in [6, 6.07) is 18.6. The van der Waals surface area contributed by atoms with E-state index in [9.17, 15) is 5.11 Å². The van der Waals surface area contributed by atoms with Crippen LogP contribution in [0.2, 0.25) is 0 Å². The Balaban J connectivity index is 1.65. The zero-order chi connectivity index (χ0) is 19.1.